The molecule has 1 aliphatic heterocycles. The van der Waals surface area contributed by atoms with Gasteiger partial charge in [-0.25, -0.2) is 9.69 Å². The minimum Gasteiger partial charge on any atom is -0.478 e. The molecule has 0 bridgehead atoms. The second-order valence-electron chi connectivity index (χ2n) is 4.47. The number of carboxylic acid groups (broad SMARTS) is 1. The third-order valence-electron chi connectivity index (χ3n) is 3.32. The van der Waals surface area contributed by atoms with Crippen LogP contribution in [0.4, 0.5) is 5.69 Å². The van der Waals surface area contributed by atoms with E-state index in [2.05, 4.69) is 0 Å². The van der Waals surface area contributed by atoms with Gasteiger partial charge in [0.15, 0.2) is 0 Å². The average molecular weight is 259 g/mol. The highest BCUT2D eigenvalue weighted by Crippen LogP contribution is 2.30. The van der Waals surface area contributed by atoms with Crippen molar-refractivity contribution in [1.82, 2.24) is 0 Å². The van der Waals surface area contributed by atoms with Crippen molar-refractivity contribution in [2.45, 2.75) is 20.8 Å². The van der Waals surface area contributed by atoms with Crippen molar-refractivity contribution in [1.29, 1.82) is 0 Å². The Bertz CT molecular complexity index is 619. The van der Waals surface area contributed by atoms with E-state index in [4.69, 9.17) is 0 Å². The third kappa shape index (κ3) is 1.83. The van der Waals surface area contributed by atoms with E-state index in [0.717, 1.165) is 4.90 Å². The maximum Gasteiger partial charge on any atom is 0.338 e. The van der Waals surface area contributed by atoms with Crippen LogP contribution in [-0.2, 0) is 9.59 Å². The molecule has 2 rings (SSSR count). The molecular formula is C14H13NO4. The first-order valence-corrected chi connectivity index (χ1v) is 5.75. The van der Waals surface area contributed by atoms with Gasteiger partial charge in [0, 0.05) is 11.1 Å². The van der Waals surface area contributed by atoms with Gasteiger partial charge in [-0.1, -0.05) is 12.1 Å². The highest BCUT2D eigenvalue weighted by atomic mass is 16.4. The predicted octanol–water partition coefficient (Wildman–Crippen LogP) is 1.90. The summed E-state index contributed by atoms with van der Waals surface area (Å²) < 4.78 is 0. The van der Waals surface area contributed by atoms with Crippen LogP contribution in [0.3, 0.4) is 0 Å². The van der Waals surface area contributed by atoms with Gasteiger partial charge in [0.05, 0.1) is 11.3 Å². The van der Waals surface area contributed by atoms with Gasteiger partial charge in [0.2, 0.25) is 0 Å². The van der Waals surface area contributed by atoms with E-state index in [1.807, 2.05) is 0 Å². The molecule has 0 unspecified atom stereocenters. The minimum atomic E-state index is -1.16. The van der Waals surface area contributed by atoms with Crippen LogP contribution in [0.2, 0.25) is 0 Å². The summed E-state index contributed by atoms with van der Waals surface area (Å²) in [6, 6.07) is 4.73. The normalized spacial score (nSPS) is 15.4. The van der Waals surface area contributed by atoms with E-state index >= 15 is 0 Å². The molecule has 1 N–H and O–H groups in total. The monoisotopic (exact) mass is 259 g/mol. The summed E-state index contributed by atoms with van der Waals surface area (Å²) in [5.74, 6) is -2.08. The zero-order chi connectivity index (χ0) is 14.3. The average Bonchev–Trinajstić information content (AvgIpc) is 2.53. The summed E-state index contributed by atoms with van der Waals surface area (Å²) in [5.41, 5.74) is 1.31. The molecule has 0 saturated carbocycles. The Labute approximate surface area is 110 Å². The van der Waals surface area contributed by atoms with Crippen molar-refractivity contribution in [3.63, 3.8) is 0 Å². The summed E-state index contributed by atoms with van der Waals surface area (Å²) >= 11 is 0. The Morgan fingerprint density at radius 3 is 2.05 bits per heavy atom. The zero-order valence-corrected chi connectivity index (χ0v) is 10.9. The molecule has 0 fully saturated rings. The number of carboxylic acids is 1. The van der Waals surface area contributed by atoms with E-state index in [1.54, 1.807) is 32.9 Å². The van der Waals surface area contributed by atoms with Crippen molar-refractivity contribution in [2.75, 3.05) is 4.90 Å². The lowest BCUT2D eigenvalue weighted by atomic mass is 10.1. The first-order chi connectivity index (χ1) is 8.86. The van der Waals surface area contributed by atoms with Crippen LogP contribution < -0.4 is 4.90 Å². The Kier molecular flexibility index (Phi) is 2.98. The fraction of sp³-hybridized carbons (Fsp3) is 0.214. The van der Waals surface area contributed by atoms with Crippen molar-refractivity contribution in [2.24, 2.45) is 0 Å². The van der Waals surface area contributed by atoms with Crippen LogP contribution in [0, 0.1) is 6.92 Å². The Hall–Kier alpha value is -2.43. The molecule has 0 aromatic heterocycles. The van der Waals surface area contributed by atoms with E-state index < -0.39 is 17.8 Å². The lowest BCUT2D eigenvalue weighted by Gasteiger charge is -2.18. The maximum atomic E-state index is 12.1. The van der Waals surface area contributed by atoms with Crippen LogP contribution in [0.25, 0.3) is 0 Å². The third-order valence-corrected chi connectivity index (χ3v) is 3.32. The number of aromatic carboxylic acids is 1. The molecule has 0 spiro atoms. The molecule has 5 heteroatoms. The minimum absolute atomic E-state index is 0.0216. The zero-order valence-electron chi connectivity index (χ0n) is 10.9. The molecule has 98 valence electrons. The Morgan fingerprint density at radius 2 is 1.58 bits per heavy atom. The molecule has 1 aliphatic rings. The predicted molar refractivity (Wildman–Crippen MR) is 69.0 cm³/mol. The molecule has 19 heavy (non-hydrogen) atoms. The number of amides is 2. The molecule has 0 atom stereocenters. The van der Waals surface area contributed by atoms with Gasteiger partial charge >= 0.3 is 5.97 Å². The lowest BCUT2D eigenvalue weighted by Crippen LogP contribution is -2.33. The summed E-state index contributed by atoms with van der Waals surface area (Å²) in [7, 11) is 0. The molecule has 0 saturated heterocycles. The number of carbonyl (C=O) groups is 3. The number of nitrogens with zero attached hydrogens (tertiary/aromatic N) is 1. The van der Waals surface area contributed by atoms with Crippen molar-refractivity contribution in [3.05, 3.63) is 40.5 Å². The Morgan fingerprint density at radius 1 is 1.05 bits per heavy atom. The molecule has 0 radical (unpaired) electrons. The van der Waals surface area contributed by atoms with Gasteiger partial charge in [-0.15, -0.1) is 0 Å². The summed E-state index contributed by atoms with van der Waals surface area (Å²) in [5, 5.41) is 9.25. The molecule has 2 amide bonds. The fourth-order valence-corrected chi connectivity index (χ4v) is 2.08. The molecule has 1 heterocycles. The maximum absolute atomic E-state index is 12.1. The summed E-state index contributed by atoms with van der Waals surface area (Å²) in [6.07, 6.45) is 0. The van der Waals surface area contributed by atoms with Crippen LogP contribution in [0.1, 0.15) is 29.8 Å². The number of anilines is 1. The summed E-state index contributed by atoms with van der Waals surface area (Å²) in [6.45, 7) is 4.75. The molecular weight excluding hydrogens is 246 g/mol. The Balaban J connectivity index is 2.63. The lowest BCUT2D eigenvalue weighted by molar-refractivity contribution is -0.120. The number of aryl methyl sites for hydroxylation is 1. The summed E-state index contributed by atoms with van der Waals surface area (Å²) in [4.78, 5) is 36.4. The van der Waals surface area contributed by atoms with Gasteiger partial charge in [0.25, 0.3) is 11.8 Å². The topological polar surface area (TPSA) is 74.7 Å². The number of benzene rings is 1. The fourth-order valence-electron chi connectivity index (χ4n) is 2.08. The van der Waals surface area contributed by atoms with Crippen molar-refractivity contribution >= 4 is 23.5 Å². The smallest absolute Gasteiger partial charge is 0.338 e. The van der Waals surface area contributed by atoms with Crippen LogP contribution in [-0.4, -0.2) is 22.9 Å². The number of hydrogen-bond donors (Lipinski definition) is 1. The van der Waals surface area contributed by atoms with Gasteiger partial charge in [-0.3, -0.25) is 9.59 Å². The van der Waals surface area contributed by atoms with E-state index in [1.165, 1.54) is 6.07 Å². The first-order valence-electron chi connectivity index (χ1n) is 5.75. The number of rotatable bonds is 2. The van der Waals surface area contributed by atoms with Crippen molar-refractivity contribution in [3.8, 4) is 0 Å². The van der Waals surface area contributed by atoms with E-state index in [-0.39, 0.29) is 11.3 Å². The van der Waals surface area contributed by atoms with Gasteiger partial charge in [-0.2, -0.15) is 0 Å². The highest BCUT2D eigenvalue weighted by molar-refractivity contribution is 6.33. The quantitative estimate of drug-likeness (QED) is 0.823. The van der Waals surface area contributed by atoms with Gasteiger partial charge in [-0.05, 0) is 32.4 Å². The second-order valence-corrected chi connectivity index (χ2v) is 4.47. The number of imide groups is 1. The SMILES string of the molecule is CC1=C(C)C(=O)N(c2cccc(C)c2C(=O)O)C1=O. The van der Waals surface area contributed by atoms with Crippen molar-refractivity contribution < 1.29 is 19.5 Å². The highest BCUT2D eigenvalue weighted by Gasteiger charge is 2.36. The molecule has 5 nitrogen and oxygen atoms in total. The van der Waals surface area contributed by atoms with Crippen LogP contribution in [0.15, 0.2) is 29.3 Å². The molecule has 1 aromatic rings. The van der Waals surface area contributed by atoms with E-state index in [9.17, 15) is 19.5 Å². The number of carbonyl (C=O) groups excluding carboxylic acids is 2. The molecule has 1 aromatic carbocycles. The van der Waals surface area contributed by atoms with Gasteiger partial charge in [0.1, 0.15) is 0 Å². The van der Waals surface area contributed by atoms with E-state index in [0.29, 0.717) is 16.7 Å². The standard InChI is InChI=1S/C14H13NO4/c1-7-5-4-6-10(11(7)14(18)19)15-12(16)8(2)9(3)13(15)17/h4-6H,1-3H3,(H,18,19). The second kappa shape index (κ2) is 4.35. The number of hydrogen-bond acceptors (Lipinski definition) is 3. The first kappa shape index (κ1) is 13.0. The van der Waals surface area contributed by atoms with Crippen LogP contribution in [0.5, 0.6) is 0 Å². The molecule has 0 aliphatic carbocycles. The van der Waals surface area contributed by atoms with Gasteiger partial charge < -0.3 is 5.11 Å². The largest absolute Gasteiger partial charge is 0.478 e. The van der Waals surface area contributed by atoms with Crippen LogP contribution >= 0.6 is 0 Å².